The van der Waals surface area contributed by atoms with Crippen LogP contribution in [-0.2, 0) is 9.47 Å². The Kier molecular flexibility index (Phi) is 5.10. The van der Waals surface area contributed by atoms with E-state index in [0.29, 0.717) is 11.3 Å². The van der Waals surface area contributed by atoms with E-state index >= 15 is 0 Å². The molecule has 1 heterocycles. The topological polar surface area (TPSA) is 18.5 Å². The molecule has 0 radical (unpaired) electrons. The monoisotopic (exact) mass is 379 g/mol. The van der Waals surface area contributed by atoms with Crippen molar-refractivity contribution in [3.63, 3.8) is 0 Å². The minimum atomic E-state index is -1.73. The Hall–Kier alpha value is -2.05. The number of methoxy groups -OCH3 is 1. The summed E-state index contributed by atoms with van der Waals surface area (Å²) in [6.45, 7) is 5.29. The number of rotatable bonds is 4. The van der Waals surface area contributed by atoms with E-state index in [1.807, 2.05) is 0 Å². The highest BCUT2D eigenvalue weighted by Gasteiger charge is 2.61. The van der Waals surface area contributed by atoms with Gasteiger partial charge in [-0.3, -0.25) is 0 Å². The van der Waals surface area contributed by atoms with Gasteiger partial charge in [0, 0.05) is 6.42 Å². The lowest BCUT2D eigenvalue weighted by Gasteiger charge is -2.45. The summed E-state index contributed by atoms with van der Waals surface area (Å²) in [4.78, 5) is 0. The number of hydrogen-bond donors (Lipinski definition) is 0. The van der Waals surface area contributed by atoms with Crippen LogP contribution in [-0.4, -0.2) is 25.0 Å². The van der Waals surface area contributed by atoms with E-state index < -0.39 is 7.26 Å². The maximum Gasteiger partial charge on any atom is 0.179 e. The smallest absolute Gasteiger partial charge is 0.179 e. The Morgan fingerprint density at radius 2 is 1.59 bits per heavy atom. The molecule has 0 aromatic heterocycles. The van der Waals surface area contributed by atoms with Crippen LogP contribution in [0, 0.1) is 0 Å². The van der Waals surface area contributed by atoms with Gasteiger partial charge in [0.2, 0.25) is 0 Å². The van der Waals surface area contributed by atoms with Crippen molar-refractivity contribution in [1.29, 1.82) is 0 Å². The first-order valence-corrected chi connectivity index (χ1v) is 11.7. The first-order chi connectivity index (χ1) is 13.2. The summed E-state index contributed by atoms with van der Waals surface area (Å²) >= 11 is 0. The Morgan fingerprint density at radius 3 is 2.11 bits per heavy atom. The second-order valence-corrected chi connectivity index (χ2v) is 11.4. The van der Waals surface area contributed by atoms with Crippen LogP contribution >= 0.6 is 7.26 Å². The second kappa shape index (κ2) is 7.52. The van der Waals surface area contributed by atoms with Crippen LogP contribution in [0.25, 0.3) is 0 Å². The van der Waals surface area contributed by atoms with Gasteiger partial charge in [0.1, 0.15) is 28.5 Å². The molecule has 2 aliphatic rings. The number of fused-ring (bicyclic) bond motifs is 1. The zero-order chi connectivity index (χ0) is 18.9. The summed E-state index contributed by atoms with van der Waals surface area (Å²) in [7, 11) is 0.0306. The molecule has 140 valence electrons. The summed E-state index contributed by atoms with van der Waals surface area (Å²) in [5, 5.41) is 2.97. The molecule has 1 aliphatic heterocycles. The van der Waals surface area contributed by atoms with Crippen LogP contribution < -0.4 is 10.6 Å². The van der Waals surface area contributed by atoms with E-state index in [0.717, 1.165) is 31.0 Å². The Bertz CT molecular complexity index is 815. The largest absolute Gasteiger partial charge is 0.493 e. The fourth-order valence-corrected chi connectivity index (χ4v) is 10.5. The minimum absolute atomic E-state index is 0.348. The van der Waals surface area contributed by atoms with Crippen molar-refractivity contribution >= 4 is 17.9 Å². The van der Waals surface area contributed by atoms with E-state index in [1.165, 1.54) is 16.2 Å². The Labute approximate surface area is 163 Å². The lowest BCUT2D eigenvalue weighted by atomic mass is 10.0. The van der Waals surface area contributed by atoms with Crippen LogP contribution in [0.4, 0.5) is 0 Å². The van der Waals surface area contributed by atoms with Gasteiger partial charge in [-0.2, -0.15) is 0 Å². The summed E-state index contributed by atoms with van der Waals surface area (Å²) in [5.74, 6) is 1.98. The van der Waals surface area contributed by atoms with Gasteiger partial charge in [-0.15, -0.1) is 0 Å². The van der Waals surface area contributed by atoms with Gasteiger partial charge in [-0.05, 0) is 43.7 Å². The molecular formula is C24H28O2P+. The van der Waals surface area contributed by atoms with Crippen molar-refractivity contribution in [2.45, 2.75) is 38.0 Å². The van der Waals surface area contributed by atoms with Crippen LogP contribution in [0.15, 0.2) is 83.8 Å². The summed E-state index contributed by atoms with van der Waals surface area (Å²) in [6, 6.07) is 22.4. The molecule has 1 fully saturated rings. The van der Waals surface area contributed by atoms with E-state index in [9.17, 15) is 0 Å². The summed E-state index contributed by atoms with van der Waals surface area (Å²) in [5.41, 5.74) is 2.23. The van der Waals surface area contributed by atoms with Gasteiger partial charge in [-0.1, -0.05) is 48.9 Å². The molecule has 0 N–H and O–H groups in total. The molecule has 0 saturated carbocycles. The van der Waals surface area contributed by atoms with E-state index in [2.05, 4.69) is 80.6 Å². The molecule has 1 saturated heterocycles. The number of ether oxygens (including phenoxy) is 2. The summed E-state index contributed by atoms with van der Waals surface area (Å²) < 4.78 is 12.1. The number of hydrogen-bond acceptors (Lipinski definition) is 2. The number of allylic oxidation sites excluding steroid dienone is 3. The molecule has 0 amide bonds. The van der Waals surface area contributed by atoms with E-state index in [-0.39, 0.29) is 0 Å². The van der Waals surface area contributed by atoms with E-state index in [1.54, 1.807) is 7.11 Å². The van der Waals surface area contributed by atoms with Gasteiger partial charge in [-0.25, -0.2) is 0 Å². The fourth-order valence-electron chi connectivity index (χ4n) is 4.82. The van der Waals surface area contributed by atoms with Crippen molar-refractivity contribution in [3.05, 3.63) is 83.8 Å². The van der Waals surface area contributed by atoms with Crippen molar-refractivity contribution in [2.24, 2.45) is 0 Å². The second-order valence-electron chi connectivity index (χ2n) is 7.46. The maximum absolute atomic E-state index is 6.37. The predicted molar refractivity (Wildman–Crippen MR) is 115 cm³/mol. The average Bonchev–Trinajstić information content (AvgIpc) is 2.73. The zero-order valence-electron chi connectivity index (χ0n) is 16.4. The van der Waals surface area contributed by atoms with Gasteiger partial charge in [0.05, 0.1) is 14.4 Å². The van der Waals surface area contributed by atoms with Crippen LogP contribution in [0.3, 0.4) is 0 Å². The molecule has 27 heavy (non-hydrogen) atoms. The molecule has 2 atom stereocenters. The standard InChI is InChI=1S/C24H28O2P/c1-4-19-17-26-24-22(25-3)15-18(2)16-23(24)27(19,20-11-7-5-8-12-20)21-13-9-6-10-14-21/h5-15,19,23H,4,16-17H2,1-3H3/q+1. The lowest BCUT2D eigenvalue weighted by Crippen LogP contribution is -2.46. The first kappa shape index (κ1) is 18.3. The molecule has 3 heteroatoms. The van der Waals surface area contributed by atoms with Crippen LogP contribution in [0.1, 0.15) is 26.7 Å². The summed E-state index contributed by atoms with van der Waals surface area (Å²) in [6.07, 6.45) is 4.31. The van der Waals surface area contributed by atoms with Crippen molar-refractivity contribution in [1.82, 2.24) is 0 Å². The first-order valence-electron chi connectivity index (χ1n) is 9.79. The zero-order valence-corrected chi connectivity index (χ0v) is 17.3. The molecule has 2 aromatic carbocycles. The number of benzene rings is 2. The van der Waals surface area contributed by atoms with Crippen molar-refractivity contribution < 1.29 is 9.47 Å². The maximum atomic E-state index is 6.37. The molecule has 2 aromatic rings. The SMILES string of the molecule is CCC1COC2=C(OC)C=C(C)CC2[P+]1(c1ccccc1)c1ccccc1. The highest BCUT2D eigenvalue weighted by atomic mass is 31.2. The van der Waals surface area contributed by atoms with Gasteiger partial charge >= 0.3 is 0 Å². The molecule has 0 spiro atoms. The fraction of sp³-hybridized carbons (Fsp3) is 0.333. The molecule has 1 aliphatic carbocycles. The third-order valence-electron chi connectivity index (χ3n) is 6.00. The molecular weight excluding hydrogens is 351 g/mol. The predicted octanol–water partition coefficient (Wildman–Crippen LogP) is 5.04. The third kappa shape index (κ3) is 2.91. The van der Waals surface area contributed by atoms with Gasteiger partial charge < -0.3 is 9.47 Å². The molecule has 0 bridgehead atoms. The van der Waals surface area contributed by atoms with Crippen molar-refractivity contribution in [3.8, 4) is 0 Å². The van der Waals surface area contributed by atoms with Gasteiger partial charge in [0.15, 0.2) is 11.5 Å². The lowest BCUT2D eigenvalue weighted by molar-refractivity contribution is 0.160. The Balaban J connectivity index is 2.02. The quantitative estimate of drug-likeness (QED) is 0.693. The molecule has 2 nitrogen and oxygen atoms in total. The van der Waals surface area contributed by atoms with Crippen LogP contribution in [0.5, 0.6) is 0 Å². The van der Waals surface area contributed by atoms with E-state index in [4.69, 9.17) is 9.47 Å². The Morgan fingerprint density at radius 1 is 1.00 bits per heavy atom. The third-order valence-corrected chi connectivity index (χ3v) is 11.4. The average molecular weight is 379 g/mol. The van der Waals surface area contributed by atoms with Gasteiger partial charge in [0.25, 0.3) is 0 Å². The van der Waals surface area contributed by atoms with Crippen molar-refractivity contribution in [2.75, 3.05) is 13.7 Å². The minimum Gasteiger partial charge on any atom is -0.493 e. The van der Waals surface area contributed by atoms with Crippen LogP contribution in [0.2, 0.25) is 0 Å². The molecule has 2 unspecified atom stereocenters. The normalized spacial score (nSPS) is 23.9. The highest BCUT2D eigenvalue weighted by molar-refractivity contribution is 7.91. The molecule has 4 rings (SSSR count). The highest BCUT2D eigenvalue weighted by Crippen LogP contribution is 2.71.